The average Bonchev–Trinajstić information content (AvgIpc) is 3.54. The van der Waals surface area contributed by atoms with Crippen molar-refractivity contribution in [3.8, 4) is 0 Å². The number of benzene rings is 2. The lowest BCUT2D eigenvalue weighted by molar-refractivity contribution is -0.119. The molecule has 6 nitrogen and oxygen atoms in total. The van der Waals surface area contributed by atoms with Crippen molar-refractivity contribution >= 4 is 23.5 Å². The molecule has 0 bridgehead atoms. The summed E-state index contributed by atoms with van der Waals surface area (Å²) >= 11 is 1.44. The molecular weight excluding hydrogens is 408 g/mol. The zero-order valence-electron chi connectivity index (χ0n) is 17.7. The van der Waals surface area contributed by atoms with Crippen LogP contribution in [-0.2, 0) is 11.3 Å². The first kappa shape index (κ1) is 21.3. The Morgan fingerprint density at radius 1 is 1.10 bits per heavy atom. The van der Waals surface area contributed by atoms with E-state index in [9.17, 15) is 9.59 Å². The lowest BCUT2D eigenvalue weighted by Crippen LogP contribution is -2.23. The van der Waals surface area contributed by atoms with Gasteiger partial charge in [-0.25, -0.2) is 0 Å². The summed E-state index contributed by atoms with van der Waals surface area (Å²) < 4.78 is 2.16. The van der Waals surface area contributed by atoms with E-state index in [1.807, 2.05) is 49.4 Å². The van der Waals surface area contributed by atoms with Crippen LogP contribution in [0.25, 0.3) is 0 Å². The Balaban J connectivity index is 1.43. The maximum Gasteiger partial charge on any atom is 0.217 e. The van der Waals surface area contributed by atoms with E-state index in [1.165, 1.54) is 24.2 Å². The molecule has 31 heavy (non-hydrogen) atoms. The van der Waals surface area contributed by atoms with Gasteiger partial charge in [0.15, 0.2) is 10.9 Å². The first-order valence-corrected chi connectivity index (χ1v) is 11.5. The molecule has 1 atom stereocenters. The molecule has 0 unspecified atom stereocenters. The monoisotopic (exact) mass is 434 g/mol. The molecule has 0 spiro atoms. The third kappa shape index (κ3) is 5.41. The molecule has 7 heteroatoms. The molecule has 1 heterocycles. The summed E-state index contributed by atoms with van der Waals surface area (Å²) in [5.41, 5.74) is 2.82. The van der Waals surface area contributed by atoms with E-state index in [0.29, 0.717) is 23.8 Å². The smallest absolute Gasteiger partial charge is 0.217 e. The summed E-state index contributed by atoms with van der Waals surface area (Å²) in [5.74, 6) is 1.78. The highest BCUT2D eigenvalue weighted by Crippen LogP contribution is 2.40. The molecule has 1 aliphatic carbocycles. The summed E-state index contributed by atoms with van der Waals surface area (Å²) in [6, 6.07) is 17.6. The first-order chi connectivity index (χ1) is 15.0. The molecule has 1 aliphatic rings. The number of Topliss-reactive ketones (excluding diaryl/α,β-unsaturated/α-hetero) is 1. The highest BCUT2D eigenvalue weighted by atomic mass is 32.2. The minimum atomic E-state index is -0.0894. The molecule has 3 aromatic rings. The van der Waals surface area contributed by atoms with Crippen LogP contribution in [0, 0.1) is 0 Å². The van der Waals surface area contributed by atoms with Gasteiger partial charge in [0.2, 0.25) is 5.91 Å². The van der Waals surface area contributed by atoms with E-state index in [-0.39, 0.29) is 17.7 Å². The number of aromatic nitrogens is 3. The van der Waals surface area contributed by atoms with Gasteiger partial charge < -0.3 is 9.88 Å². The molecule has 1 aromatic heterocycles. The van der Waals surface area contributed by atoms with Gasteiger partial charge in [0.05, 0.1) is 18.3 Å². The predicted molar refractivity (Wildman–Crippen MR) is 121 cm³/mol. The van der Waals surface area contributed by atoms with Crippen molar-refractivity contribution in [1.82, 2.24) is 20.1 Å². The molecule has 1 fully saturated rings. The fourth-order valence-electron chi connectivity index (χ4n) is 3.52. The Hall–Kier alpha value is -2.93. The Morgan fingerprint density at radius 3 is 2.45 bits per heavy atom. The van der Waals surface area contributed by atoms with Crippen molar-refractivity contribution in [2.45, 2.75) is 50.4 Å². The third-order valence-corrected chi connectivity index (χ3v) is 6.32. The van der Waals surface area contributed by atoms with Crippen LogP contribution in [-0.4, -0.2) is 32.2 Å². The van der Waals surface area contributed by atoms with Crippen LogP contribution in [0.5, 0.6) is 0 Å². The van der Waals surface area contributed by atoms with Crippen molar-refractivity contribution < 1.29 is 9.59 Å². The second-order valence-corrected chi connectivity index (χ2v) is 8.89. The number of thioether (sulfide) groups is 1. The van der Waals surface area contributed by atoms with E-state index in [0.717, 1.165) is 29.4 Å². The lowest BCUT2D eigenvalue weighted by Gasteiger charge is -2.13. The molecule has 1 N–H and O–H groups in total. The molecule has 1 amide bonds. The van der Waals surface area contributed by atoms with Crippen LogP contribution in [0.1, 0.15) is 66.0 Å². The standard InChI is InChI=1S/C24H26N4O2S/c1-16(25-17(2)29)19-8-10-20(11-9-19)22(30)15-31-24-27-26-23(21-12-13-21)28(24)14-18-6-4-3-5-7-18/h3-11,16,21H,12-15H2,1-2H3,(H,25,29)/t16-/m1/s1. The fourth-order valence-corrected chi connectivity index (χ4v) is 4.36. The van der Waals surface area contributed by atoms with Crippen LogP contribution in [0.15, 0.2) is 59.8 Å². The van der Waals surface area contributed by atoms with Gasteiger partial charge in [-0.1, -0.05) is 66.4 Å². The van der Waals surface area contributed by atoms with Gasteiger partial charge in [-0.15, -0.1) is 10.2 Å². The van der Waals surface area contributed by atoms with Gasteiger partial charge >= 0.3 is 0 Å². The number of rotatable bonds is 9. The number of carbonyl (C=O) groups is 2. The van der Waals surface area contributed by atoms with E-state index in [1.54, 1.807) is 0 Å². The zero-order chi connectivity index (χ0) is 21.8. The van der Waals surface area contributed by atoms with Crippen LogP contribution in [0.3, 0.4) is 0 Å². The van der Waals surface area contributed by atoms with Crippen molar-refractivity contribution in [1.29, 1.82) is 0 Å². The van der Waals surface area contributed by atoms with Crippen LogP contribution in [0.2, 0.25) is 0 Å². The van der Waals surface area contributed by atoms with Crippen molar-refractivity contribution in [3.63, 3.8) is 0 Å². The Morgan fingerprint density at radius 2 is 1.81 bits per heavy atom. The van der Waals surface area contributed by atoms with E-state index >= 15 is 0 Å². The summed E-state index contributed by atoms with van der Waals surface area (Å²) in [6.07, 6.45) is 2.31. The SMILES string of the molecule is CC(=O)N[C@H](C)c1ccc(C(=O)CSc2nnc(C3CC3)n2Cc2ccccc2)cc1. The second-order valence-electron chi connectivity index (χ2n) is 7.94. The third-order valence-electron chi connectivity index (χ3n) is 5.36. The molecule has 2 aromatic carbocycles. The summed E-state index contributed by atoms with van der Waals surface area (Å²) in [4.78, 5) is 24.0. The summed E-state index contributed by atoms with van der Waals surface area (Å²) in [6.45, 7) is 4.13. The van der Waals surface area contributed by atoms with Crippen LogP contribution in [0.4, 0.5) is 0 Å². The maximum absolute atomic E-state index is 12.8. The number of carbonyl (C=O) groups excluding carboxylic acids is 2. The molecule has 4 rings (SSSR count). The number of nitrogens with one attached hydrogen (secondary N) is 1. The van der Waals surface area contributed by atoms with Crippen LogP contribution >= 0.6 is 11.8 Å². The Labute approximate surface area is 186 Å². The molecule has 1 saturated carbocycles. The fraction of sp³-hybridized carbons (Fsp3) is 0.333. The van der Waals surface area contributed by atoms with Gasteiger partial charge in [0, 0.05) is 18.4 Å². The van der Waals surface area contributed by atoms with Crippen molar-refractivity contribution in [2.75, 3.05) is 5.75 Å². The summed E-state index contributed by atoms with van der Waals surface area (Å²) in [7, 11) is 0. The molecule has 160 valence electrons. The van der Waals surface area contributed by atoms with Gasteiger partial charge in [-0.05, 0) is 30.9 Å². The predicted octanol–water partition coefficient (Wildman–Crippen LogP) is 4.38. The molecule has 0 radical (unpaired) electrons. The summed E-state index contributed by atoms with van der Waals surface area (Å²) in [5, 5.41) is 12.5. The number of ketones is 1. The van der Waals surface area contributed by atoms with E-state index < -0.39 is 0 Å². The molecule has 0 aliphatic heterocycles. The number of hydrogen-bond acceptors (Lipinski definition) is 5. The molecular formula is C24H26N4O2S. The Kier molecular flexibility index (Phi) is 6.51. The minimum absolute atomic E-state index is 0.0472. The normalized spacial score (nSPS) is 14.3. The topological polar surface area (TPSA) is 76.9 Å². The van der Waals surface area contributed by atoms with Crippen LogP contribution < -0.4 is 5.32 Å². The second kappa shape index (κ2) is 9.47. The lowest BCUT2D eigenvalue weighted by atomic mass is 10.0. The largest absolute Gasteiger partial charge is 0.350 e. The maximum atomic E-state index is 12.8. The van der Waals surface area contributed by atoms with E-state index in [4.69, 9.17) is 0 Å². The van der Waals surface area contributed by atoms with Gasteiger partial charge in [-0.3, -0.25) is 9.59 Å². The minimum Gasteiger partial charge on any atom is -0.350 e. The highest BCUT2D eigenvalue weighted by molar-refractivity contribution is 7.99. The van der Waals surface area contributed by atoms with Crippen molar-refractivity contribution in [2.24, 2.45) is 0 Å². The van der Waals surface area contributed by atoms with E-state index in [2.05, 4.69) is 32.2 Å². The number of nitrogens with zero attached hydrogens (tertiary/aromatic N) is 3. The number of hydrogen-bond donors (Lipinski definition) is 1. The quantitative estimate of drug-likeness (QED) is 0.400. The number of amides is 1. The average molecular weight is 435 g/mol. The molecule has 0 saturated heterocycles. The van der Waals surface area contributed by atoms with Gasteiger partial charge in [-0.2, -0.15) is 0 Å². The zero-order valence-corrected chi connectivity index (χ0v) is 18.6. The first-order valence-electron chi connectivity index (χ1n) is 10.5. The van der Waals surface area contributed by atoms with Crippen molar-refractivity contribution in [3.05, 3.63) is 77.1 Å². The Bertz CT molecular complexity index is 1060. The highest BCUT2D eigenvalue weighted by Gasteiger charge is 2.30. The van der Waals surface area contributed by atoms with Gasteiger partial charge in [0.25, 0.3) is 0 Å². The van der Waals surface area contributed by atoms with Gasteiger partial charge in [0.1, 0.15) is 5.82 Å².